The number of allylic oxidation sites excluding steroid dienone is 5. The summed E-state index contributed by atoms with van der Waals surface area (Å²) in [7, 11) is 0. The fourth-order valence-electron chi connectivity index (χ4n) is 1.59. The van der Waals surface area contributed by atoms with Gasteiger partial charge in [0.1, 0.15) is 0 Å². The van der Waals surface area contributed by atoms with Gasteiger partial charge in [0.15, 0.2) is 0 Å². The summed E-state index contributed by atoms with van der Waals surface area (Å²) in [6, 6.07) is 0. The van der Waals surface area contributed by atoms with E-state index >= 15 is 0 Å². The van der Waals surface area contributed by atoms with Crippen molar-refractivity contribution in [3.63, 3.8) is 0 Å². The molecule has 1 unspecified atom stereocenters. The third-order valence-corrected chi connectivity index (χ3v) is 3.36. The molecule has 2 aliphatic rings. The molecule has 0 fully saturated rings. The fraction of sp³-hybridized carbons (Fsp3) is 0.400. The standard InChI is InChI=1S/C10H12S/c1-7-3-4-10-9(5-7)6-8(2)11-10/h3,5-6,10H,4H2,1-2H3. The van der Waals surface area contributed by atoms with Crippen LogP contribution in [0.5, 0.6) is 0 Å². The molecule has 11 heavy (non-hydrogen) atoms. The van der Waals surface area contributed by atoms with Crippen molar-refractivity contribution in [1.82, 2.24) is 0 Å². The van der Waals surface area contributed by atoms with Crippen molar-refractivity contribution in [1.29, 1.82) is 0 Å². The predicted molar refractivity (Wildman–Crippen MR) is 51.6 cm³/mol. The van der Waals surface area contributed by atoms with Crippen molar-refractivity contribution in [3.8, 4) is 0 Å². The van der Waals surface area contributed by atoms with E-state index in [-0.39, 0.29) is 0 Å². The van der Waals surface area contributed by atoms with Gasteiger partial charge in [-0.2, -0.15) is 0 Å². The van der Waals surface area contributed by atoms with Crippen molar-refractivity contribution in [2.75, 3.05) is 0 Å². The first-order valence-electron chi connectivity index (χ1n) is 3.99. The second-order valence-corrected chi connectivity index (χ2v) is 4.64. The molecule has 0 saturated heterocycles. The Balaban J connectivity index is 2.31. The minimum absolute atomic E-state index is 0.735. The molecule has 1 heterocycles. The highest BCUT2D eigenvalue weighted by Gasteiger charge is 2.21. The van der Waals surface area contributed by atoms with Gasteiger partial charge in [-0.25, -0.2) is 0 Å². The van der Waals surface area contributed by atoms with Crippen LogP contribution in [0.15, 0.2) is 34.3 Å². The van der Waals surface area contributed by atoms with Gasteiger partial charge >= 0.3 is 0 Å². The third kappa shape index (κ3) is 1.30. The molecule has 58 valence electrons. The normalized spacial score (nSPS) is 28.9. The maximum absolute atomic E-state index is 2.33. The second-order valence-electron chi connectivity index (χ2n) is 3.19. The lowest BCUT2D eigenvalue weighted by molar-refractivity contribution is 1.00. The molecule has 0 spiro atoms. The number of rotatable bonds is 0. The van der Waals surface area contributed by atoms with Crippen LogP contribution in [0, 0.1) is 0 Å². The highest BCUT2D eigenvalue weighted by atomic mass is 32.2. The predicted octanol–water partition coefficient (Wildman–Crippen LogP) is 3.28. The number of hydrogen-bond donors (Lipinski definition) is 0. The Hall–Kier alpha value is -0.430. The van der Waals surface area contributed by atoms with Crippen LogP contribution in [0.3, 0.4) is 0 Å². The summed E-state index contributed by atoms with van der Waals surface area (Å²) in [5.41, 5.74) is 2.94. The van der Waals surface area contributed by atoms with E-state index in [0.717, 1.165) is 5.25 Å². The van der Waals surface area contributed by atoms with Crippen LogP contribution in [-0.2, 0) is 0 Å². The van der Waals surface area contributed by atoms with E-state index in [4.69, 9.17) is 0 Å². The Labute approximate surface area is 72.1 Å². The van der Waals surface area contributed by atoms with Crippen LogP contribution in [0.2, 0.25) is 0 Å². The topological polar surface area (TPSA) is 0 Å². The minimum atomic E-state index is 0.735. The molecule has 0 amide bonds. The van der Waals surface area contributed by atoms with Crippen LogP contribution >= 0.6 is 11.8 Å². The summed E-state index contributed by atoms with van der Waals surface area (Å²) >= 11 is 2.00. The quantitative estimate of drug-likeness (QED) is 0.529. The van der Waals surface area contributed by atoms with Crippen molar-refractivity contribution in [2.45, 2.75) is 25.5 Å². The van der Waals surface area contributed by atoms with E-state index < -0.39 is 0 Å². The molecule has 1 aliphatic carbocycles. The molecule has 2 rings (SSSR count). The number of fused-ring (bicyclic) bond motifs is 1. The molecule has 0 N–H and O–H groups in total. The monoisotopic (exact) mass is 164 g/mol. The lowest BCUT2D eigenvalue weighted by atomic mass is 10.00. The average molecular weight is 164 g/mol. The smallest absolute Gasteiger partial charge is 0.0376 e. The van der Waals surface area contributed by atoms with Gasteiger partial charge in [-0.1, -0.05) is 17.7 Å². The zero-order chi connectivity index (χ0) is 7.84. The van der Waals surface area contributed by atoms with Gasteiger partial charge < -0.3 is 0 Å². The molecule has 1 aliphatic heterocycles. The Morgan fingerprint density at radius 1 is 1.36 bits per heavy atom. The van der Waals surface area contributed by atoms with Gasteiger partial charge in [-0.15, -0.1) is 11.8 Å². The van der Waals surface area contributed by atoms with E-state index in [1.165, 1.54) is 22.5 Å². The Bertz CT molecular complexity index is 269. The molecule has 0 aromatic carbocycles. The molecule has 0 nitrogen and oxygen atoms in total. The molecule has 0 bridgehead atoms. The molecular formula is C10H12S. The second kappa shape index (κ2) is 2.56. The first-order chi connectivity index (χ1) is 5.25. The van der Waals surface area contributed by atoms with Gasteiger partial charge in [0.05, 0.1) is 0 Å². The summed E-state index contributed by atoms with van der Waals surface area (Å²) in [5, 5.41) is 0.735. The largest absolute Gasteiger partial charge is 0.122 e. The summed E-state index contributed by atoms with van der Waals surface area (Å²) in [6.45, 7) is 4.37. The van der Waals surface area contributed by atoms with Crippen LogP contribution in [0.4, 0.5) is 0 Å². The van der Waals surface area contributed by atoms with E-state index in [1.807, 2.05) is 11.8 Å². The maximum atomic E-state index is 2.33. The SMILES string of the molecule is CC1=CCC2SC(C)=CC2=C1. The van der Waals surface area contributed by atoms with Crippen molar-refractivity contribution < 1.29 is 0 Å². The first kappa shape index (κ1) is 7.23. The average Bonchev–Trinajstić information content (AvgIpc) is 2.27. The molecule has 0 saturated carbocycles. The maximum Gasteiger partial charge on any atom is 0.0376 e. The zero-order valence-electron chi connectivity index (χ0n) is 6.92. The Morgan fingerprint density at radius 3 is 3.00 bits per heavy atom. The highest BCUT2D eigenvalue weighted by Crippen LogP contribution is 2.40. The van der Waals surface area contributed by atoms with Gasteiger partial charge in [0.25, 0.3) is 0 Å². The number of hydrogen-bond acceptors (Lipinski definition) is 1. The van der Waals surface area contributed by atoms with Crippen LogP contribution in [-0.4, -0.2) is 5.25 Å². The van der Waals surface area contributed by atoms with Crippen LogP contribution in [0.25, 0.3) is 0 Å². The highest BCUT2D eigenvalue weighted by molar-refractivity contribution is 8.04. The lowest BCUT2D eigenvalue weighted by Gasteiger charge is -2.13. The van der Waals surface area contributed by atoms with Crippen molar-refractivity contribution in [3.05, 3.63) is 34.3 Å². The number of thioether (sulfide) groups is 1. The van der Waals surface area contributed by atoms with E-state index in [9.17, 15) is 0 Å². The van der Waals surface area contributed by atoms with Gasteiger partial charge in [-0.3, -0.25) is 0 Å². The molecule has 0 aromatic heterocycles. The van der Waals surface area contributed by atoms with E-state index in [1.54, 1.807) is 0 Å². The van der Waals surface area contributed by atoms with Crippen molar-refractivity contribution >= 4 is 11.8 Å². The van der Waals surface area contributed by atoms with E-state index in [0.29, 0.717) is 0 Å². The molecule has 0 aromatic rings. The van der Waals surface area contributed by atoms with Crippen LogP contribution in [0.1, 0.15) is 20.3 Å². The minimum Gasteiger partial charge on any atom is -0.122 e. The molecule has 1 heteroatoms. The lowest BCUT2D eigenvalue weighted by Crippen LogP contribution is -2.03. The zero-order valence-corrected chi connectivity index (χ0v) is 7.74. The summed E-state index contributed by atoms with van der Waals surface area (Å²) in [4.78, 5) is 1.46. The molecule has 0 radical (unpaired) electrons. The Kier molecular flexibility index (Phi) is 1.68. The molecular weight excluding hydrogens is 152 g/mol. The van der Waals surface area contributed by atoms with Gasteiger partial charge in [-0.05, 0) is 36.8 Å². The van der Waals surface area contributed by atoms with Gasteiger partial charge in [0, 0.05) is 5.25 Å². The van der Waals surface area contributed by atoms with Crippen LogP contribution < -0.4 is 0 Å². The summed E-state index contributed by atoms with van der Waals surface area (Å²) in [5.74, 6) is 0. The van der Waals surface area contributed by atoms with Gasteiger partial charge in [0.2, 0.25) is 0 Å². The first-order valence-corrected chi connectivity index (χ1v) is 4.87. The Morgan fingerprint density at radius 2 is 2.18 bits per heavy atom. The van der Waals surface area contributed by atoms with Crippen molar-refractivity contribution in [2.24, 2.45) is 0 Å². The molecule has 1 atom stereocenters. The third-order valence-electron chi connectivity index (χ3n) is 2.12. The summed E-state index contributed by atoms with van der Waals surface area (Å²) < 4.78 is 0. The summed E-state index contributed by atoms with van der Waals surface area (Å²) in [6.07, 6.45) is 8.16. The van der Waals surface area contributed by atoms with E-state index in [2.05, 4.69) is 32.1 Å². The fourth-order valence-corrected chi connectivity index (χ4v) is 2.71.